The molecule has 1 atom stereocenters. The van der Waals surface area contributed by atoms with Crippen molar-refractivity contribution in [3.8, 4) is 0 Å². The molecular weight excluding hydrogens is 146 g/mol. The van der Waals surface area contributed by atoms with Crippen molar-refractivity contribution in [3.05, 3.63) is 0 Å². The van der Waals surface area contributed by atoms with Gasteiger partial charge in [-0.3, -0.25) is 0 Å². The minimum atomic E-state index is -2.02. The molecule has 0 heterocycles. The first-order chi connectivity index (χ1) is 4.60. The molecule has 0 aromatic heterocycles. The normalized spacial score (nSPS) is 15.3. The Morgan fingerprint density at radius 3 is 1.90 bits per heavy atom. The van der Waals surface area contributed by atoms with Gasteiger partial charge >= 0.3 is 8.56 Å². The highest BCUT2D eigenvalue weighted by Gasteiger charge is 2.35. The summed E-state index contributed by atoms with van der Waals surface area (Å²) in [6, 6.07) is 0. The lowest BCUT2D eigenvalue weighted by Gasteiger charge is -2.27. The van der Waals surface area contributed by atoms with Gasteiger partial charge in [0.2, 0.25) is 0 Å². The van der Waals surface area contributed by atoms with Gasteiger partial charge in [0, 0.05) is 19.9 Å². The van der Waals surface area contributed by atoms with Gasteiger partial charge in [0.25, 0.3) is 0 Å². The SMILES string of the molecule is CCC(N)[Si](C)(OC)OC. The molecule has 0 aromatic carbocycles. The summed E-state index contributed by atoms with van der Waals surface area (Å²) in [4.78, 5) is 0. The van der Waals surface area contributed by atoms with E-state index in [0.29, 0.717) is 0 Å². The average molecular weight is 163 g/mol. The molecule has 0 aliphatic carbocycles. The van der Waals surface area contributed by atoms with E-state index in [1.165, 1.54) is 0 Å². The molecule has 0 spiro atoms. The van der Waals surface area contributed by atoms with Crippen LogP contribution in [0.25, 0.3) is 0 Å². The van der Waals surface area contributed by atoms with Gasteiger partial charge in [-0.05, 0) is 13.0 Å². The molecule has 0 bridgehead atoms. The molecule has 4 heteroatoms. The molecule has 0 radical (unpaired) electrons. The van der Waals surface area contributed by atoms with E-state index in [0.717, 1.165) is 6.42 Å². The smallest absolute Gasteiger partial charge is 0.351 e. The molecule has 0 amide bonds. The molecule has 0 aromatic rings. The fourth-order valence-corrected chi connectivity index (χ4v) is 2.27. The van der Waals surface area contributed by atoms with Crippen LogP contribution < -0.4 is 5.73 Å². The van der Waals surface area contributed by atoms with Crippen LogP contribution in [0, 0.1) is 0 Å². The summed E-state index contributed by atoms with van der Waals surface area (Å²) in [5, 5.41) is 0. The second-order valence-corrected chi connectivity index (χ2v) is 6.03. The van der Waals surface area contributed by atoms with E-state index >= 15 is 0 Å². The van der Waals surface area contributed by atoms with E-state index < -0.39 is 8.56 Å². The Hall–Kier alpha value is 0.0969. The van der Waals surface area contributed by atoms with Crippen LogP contribution >= 0.6 is 0 Å². The minimum Gasteiger partial charge on any atom is -0.397 e. The van der Waals surface area contributed by atoms with Crippen LogP contribution in [-0.2, 0) is 8.85 Å². The maximum atomic E-state index is 5.78. The topological polar surface area (TPSA) is 44.5 Å². The fourth-order valence-electron chi connectivity index (χ4n) is 0.757. The summed E-state index contributed by atoms with van der Waals surface area (Å²) >= 11 is 0. The van der Waals surface area contributed by atoms with Gasteiger partial charge in [-0.1, -0.05) is 6.92 Å². The van der Waals surface area contributed by atoms with E-state index in [2.05, 4.69) is 0 Å². The number of nitrogens with two attached hydrogens (primary N) is 1. The van der Waals surface area contributed by atoms with Crippen molar-refractivity contribution in [2.45, 2.75) is 25.6 Å². The maximum Gasteiger partial charge on any atom is 0.351 e. The van der Waals surface area contributed by atoms with E-state index in [-0.39, 0.29) is 5.67 Å². The van der Waals surface area contributed by atoms with Crippen molar-refractivity contribution in [2.75, 3.05) is 14.2 Å². The Balaban J connectivity index is 4.02. The first-order valence-corrected chi connectivity index (χ1v) is 5.86. The third-order valence-electron chi connectivity index (χ3n) is 1.92. The van der Waals surface area contributed by atoms with Crippen molar-refractivity contribution < 1.29 is 8.85 Å². The highest BCUT2D eigenvalue weighted by Crippen LogP contribution is 2.10. The quantitative estimate of drug-likeness (QED) is 0.618. The predicted molar refractivity (Wildman–Crippen MR) is 43.9 cm³/mol. The van der Waals surface area contributed by atoms with Crippen LogP contribution in [0.3, 0.4) is 0 Å². The van der Waals surface area contributed by atoms with Gasteiger partial charge in [0.15, 0.2) is 0 Å². The zero-order valence-electron chi connectivity index (χ0n) is 7.18. The molecule has 0 saturated heterocycles. The Kier molecular flexibility index (Phi) is 4.11. The maximum absolute atomic E-state index is 5.78. The summed E-state index contributed by atoms with van der Waals surface area (Å²) in [5.41, 5.74) is 5.86. The second kappa shape index (κ2) is 4.08. The minimum absolute atomic E-state index is 0.0718. The lowest BCUT2D eigenvalue weighted by Crippen LogP contribution is -2.53. The van der Waals surface area contributed by atoms with E-state index in [9.17, 15) is 0 Å². The molecule has 0 aliphatic heterocycles. The van der Waals surface area contributed by atoms with Gasteiger partial charge in [0.1, 0.15) is 0 Å². The Bertz CT molecular complexity index is 95.7. The number of rotatable bonds is 4. The van der Waals surface area contributed by atoms with Crippen LogP contribution in [0.15, 0.2) is 0 Å². The van der Waals surface area contributed by atoms with Crippen LogP contribution in [0.2, 0.25) is 6.55 Å². The van der Waals surface area contributed by atoms with E-state index in [1.54, 1.807) is 14.2 Å². The third kappa shape index (κ3) is 2.05. The Morgan fingerprint density at radius 2 is 1.80 bits per heavy atom. The first kappa shape index (κ1) is 10.1. The standard InChI is InChI=1S/C6H17NO2Si/c1-5-6(7)10(4,8-2)9-3/h6H,5,7H2,1-4H3. The van der Waals surface area contributed by atoms with Gasteiger partial charge in [0.05, 0.1) is 0 Å². The fraction of sp³-hybridized carbons (Fsp3) is 1.00. The third-order valence-corrected chi connectivity index (χ3v) is 5.30. The Morgan fingerprint density at radius 1 is 1.40 bits per heavy atom. The van der Waals surface area contributed by atoms with Crippen LogP contribution in [0.1, 0.15) is 13.3 Å². The zero-order chi connectivity index (χ0) is 8.20. The van der Waals surface area contributed by atoms with Gasteiger partial charge < -0.3 is 14.6 Å². The number of hydrogen-bond acceptors (Lipinski definition) is 3. The molecule has 2 N–H and O–H groups in total. The van der Waals surface area contributed by atoms with E-state index in [1.807, 2.05) is 13.5 Å². The largest absolute Gasteiger partial charge is 0.397 e. The van der Waals surface area contributed by atoms with Crippen molar-refractivity contribution in [3.63, 3.8) is 0 Å². The summed E-state index contributed by atoms with van der Waals surface area (Å²) in [5.74, 6) is 0. The molecule has 0 rings (SSSR count). The number of hydrogen-bond donors (Lipinski definition) is 1. The highest BCUT2D eigenvalue weighted by molar-refractivity contribution is 6.67. The highest BCUT2D eigenvalue weighted by atomic mass is 28.4. The summed E-state index contributed by atoms with van der Waals surface area (Å²) < 4.78 is 10.5. The molecule has 0 saturated carbocycles. The zero-order valence-corrected chi connectivity index (χ0v) is 8.18. The average Bonchev–Trinajstić information content (AvgIpc) is 2.01. The Labute approximate surface area is 63.8 Å². The van der Waals surface area contributed by atoms with Crippen molar-refractivity contribution in [1.82, 2.24) is 0 Å². The van der Waals surface area contributed by atoms with Crippen LogP contribution in [-0.4, -0.2) is 28.4 Å². The van der Waals surface area contributed by atoms with Gasteiger partial charge in [-0.15, -0.1) is 0 Å². The first-order valence-electron chi connectivity index (χ1n) is 3.46. The second-order valence-electron chi connectivity index (χ2n) is 2.44. The predicted octanol–water partition coefficient (Wildman–Crippen LogP) is 0.628. The lowest BCUT2D eigenvalue weighted by atomic mass is 10.5. The molecule has 62 valence electrons. The van der Waals surface area contributed by atoms with Crippen LogP contribution in [0.4, 0.5) is 0 Å². The molecule has 0 fully saturated rings. The van der Waals surface area contributed by atoms with Gasteiger partial charge in [-0.2, -0.15) is 0 Å². The lowest BCUT2D eigenvalue weighted by molar-refractivity contribution is 0.237. The van der Waals surface area contributed by atoms with Crippen LogP contribution in [0.5, 0.6) is 0 Å². The van der Waals surface area contributed by atoms with Crippen molar-refractivity contribution in [2.24, 2.45) is 5.73 Å². The van der Waals surface area contributed by atoms with Gasteiger partial charge in [-0.25, -0.2) is 0 Å². The summed E-state index contributed by atoms with van der Waals surface area (Å²) in [6.07, 6.45) is 0.907. The monoisotopic (exact) mass is 163 g/mol. The van der Waals surface area contributed by atoms with E-state index in [4.69, 9.17) is 14.6 Å². The summed E-state index contributed by atoms with van der Waals surface area (Å²) in [6.45, 7) is 4.01. The molecule has 3 nitrogen and oxygen atoms in total. The molecule has 1 unspecified atom stereocenters. The van der Waals surface area contributed by atoms with Crippen molar-refractivity contribution >= 4 is 8.56 Å². The molecular formula is C6H17NO2Si. The molecule has 10 heavy (non-hydrogen) atoms. The summed E-state index contributed by atoms with van der Waals surface area (Å²) in [7, 11) is 1.29. The van der Waals surface area contributed by atoms with Crippen molar-refractivity contribution in [1.29, 1.82) is 0 Å². The molecule has 0 aliphatic rings.